The smallest absolute Gasteiger partial charge is 0.361 e. The van der Waals surface area contributed by atoms with Crippen molar-refractivity contribution in [3.05, 3.63) is 41.4 Å². The van der Waals surface area contributed by atoms with Gasteiger partial charge in [0.05, 0.1) is 17.2 Å². The largest absolute Gasteiger partial charge is 0.391 e. The maximum atomic E-state index is 13.0. The number of halogens is 3. The summed E-state index contributed by atoms with van der Waals surface area (Å²) in [5.41, 5.74) is 1.09. The van der Waals surface area contributed by atoms with E-state index in [2.05, 4.69) is 15.5 Å². The molecular formula is C18H20F3N3O2S. The van der Waals surface area contributed by atoms with E-state index in [0.29, 0.717) is 34.9 Å². The minimum absolute atomic E-state index is 0.0732. The van der Waals surface area contributed by atoms with Gasteiger partial charge in [-0.05, 0) is 38.3 Å². The quantitative estimate of drug-likeness (QED) is 0.749. The molecule has 1 aliphatic carbocycles. The topological polar surface area (TPSA) is 68.0 Å². The van der Waals surface area contributed by atoms with Gasteiger partial charge in [0.25, 0.3) is 5.91 Å². The van der Waals surface area contributed by atoms with Gasteiger partial charge in [-0.15, -0.1) is 0 Å². The summed E-state index contributed by atoms with van der Waals surface area (Å²) in [4.78, 5) is 16.9. The maximum Gasteiger partial charge on any atom is 0.391 e. The van der Waals surface area contributed by atoms with Crippen LogP contribution in [0.1, 0.15) is 47.5 Å². The van der Waals surface area contributed by atoms with Crippen molar-refractivity contribution < 1.29 is 22.5 Å². The number of amides is 1. The van der Waals surface area contributed by atoms with E-state index in [-0.39, 0.29) is 12.8 Å². The first-order chi connectivity index (χ1) is 12.8. The Morgan fingerprint density at radius 2 is 2.22 bits per heavy atom. The number of carbonyl (C=O) groups is 1. The van der Waals surface area contributed by atoms with Gasteiger partial charge in [0.2, 0.25) is 0 Å². The second-order valence-electron chi connectivity index (χ2n) is 6.65. The predicted molar refractivity (Wildman–Crippen MR) is 94.3 cm³/mol. The first kappa shape index (κ1) is 19.7. The maximum absolute atomic E-state index is 13.0. The van der Waals surface area contributed by atoms with Crippen molar-refractivity contribution in [1.82, 2.24) is 15.5 Å². The summed E-state index contributed by atoms with van der Waals surface area (Å²) in [5.74, 6) is -0.570. The second kappa shape index (κ2) is 8.33. The molecule has 1 aliphatic rings. The molecule has 2 aromatic rings. The average molecular weight is 399 g/mol. The van der Waals surface area contributed by atoms with Crippen LogP contribution in [0.15, 0.2) is 33.9 Å². The monoisotopic (exact) mass is 399 g/mol. The fourth-order valence-corrected chi connectivity index (χ4v) is 4.06. The van der Waals surface area contributed by atoms with Gasteiger partial charge in [-0.1, -0.05) is 23.3 Å². The van der Waals surface area contributed by atoms with Gasteiger partial charge >= 0.3 is 6.18 Å². The van der Waals surface area contributed by atoms with Crippen LogP contribution < -0.4 is 5.32 Å². The van der Waals surface area contributed by atoms with Crippen LogP contribution in [-0.2, 0) is 5.75 Å². The molecule has 1 saturated carbocycles. The fourth-order valence-electron chi connectivity index (χ4n) is 3.19. The first-order valence-electron chi connectivity index (χ1n) is 8.70. The predicted octanol–water partition coefficient (Wildman–Crippen LogP) is 4.52. The molecule has 2 atom stereocenters. The zero-order chi connectivity index (χ0) is 19.4. The number of hydrogen-bond donors (Lipinski definition) is 1. The molecule has 1 N–H and O–H groups in total. The number of carbonyl (C=O) groups excluding carboxylic acids is 1. The van der Waals surface area contributed by atoms with Crippen LogP contribution in [0.5, 0.6) is 0 Å². The van der Waals surface area contributed by atoms with Gasteiger partial charge in [0.1, 0.15) is 10.8 Å². The Hall–Kier alpha value is -2.03. The van der Waals surface area contributed by atoms with Crippen molar-refractivity contribution >= 4 is 17.7 Å². The number of aromatic nitrogens is 2. The number of rotatable bonds is 5. The van der Waals surface area contributed by atoms with Crippen LogP contribution in [0.4, 0.5) is 13.2 Å². The SMILES string of the molecule is Cc1cc(CSc2ncccc2C(=O)NC2CCCC(C(F)(F)F)C2)no1. The molecular weight excluding hydrogens is 379 g/mol. The Kier molecular flexibility index (Phi) is 6.08. The number of hydrogen-bond acceptors (Lipinski definition) is 5. The first-order valence-corrected chi connectivity index (χ1v) is 9.69. The van der Waals surface area contributed by atoms with Crippen molar-refractivity contribution in [1.29, 1.82) is 0 Å². The van der Waals surface area contributed by atoms with Crippen LogP contribution in [0.3, 0.4) is 0 Å². The van der Waals surface area contributed by atoms with E-state index < -0.39 is 24.0 Å². The molecule has 1 amide bonds. The number of alkyl halides is 3. The third-order valence-electron chi connectivity index (χ3n) is 4.52. The zero-order valence-corrected chi connectivity index (χ0v) is 15.6. The molecule has 2 aromatic heterocycles. The highest BCUT2D eigenvalue weighted by Gasteiger charge is 2.42. The second-order valence-corrected chi connectivity index (χ2v) is 7.61. The van der Waals surface area contributed by atoms with Crippen molar-refractivity contribution in [2.24, 2.45) is 5.92 Å². The Morgan fingerprint density at radius 3 is 2.93 bits per heavy atom. The minimum atomic E-state index is -4.21. The van der Waals surface area contributed by atoms with Gasteiger partial charge in [-0.3, -0.25) is 4.79 Å². The summed E-state index contributed by atoms with van der Waals surface area (Å²) in [6, 6.07) is 4.59. The van der Waals surface area contributed by atoms with Crippen LogP contribution in [0.2, 0.25) is 0 Å². The van der Waals surface area contributed by atoms with Crippen molar-refractivity contribution in [3.8, 4) is 0 Å². The van der Waals surface area contributed by atoms with Gasteiger partial charge in [-0.25, -0.2) is 4.98 Å². The lowest BCUT2D eigenvalue weighted by Crippen LogP contribution is -2.41. The van der Waals surface area contributed by atoms with Crippen molar-refractivity contribution in [2.75, 3.05) is 0 Å². The molecule has 3 rings (SSSR count). The van der Waals surface area contributed by atoms with E-state index in [1.807, 2.05) is 0 Å². The molecule has 9 heteroatoms. The fraction of sp³-hybridized carbons (Fsp3) is 0.500. The lowest BCUT2D eigenvalue weighted by molar-refractivity contribution is -0.183. The number of nitrogens with zero attached hydrogens (tertiary/aromatic N) is 2. The van der Waals surface area contributed by atoms with Crippen LogP contribution >= 0.6 is 11.8 Å². The zero-order valence-electron chi connectivity index (χ0n) is 14.8. The molecule has 0 radical (unpaired) electrons. The molecule has 0 aliphatic heterocycles. The lowest BCUT2D eigenvalue weighted by atomic mass is 9.85. The Bertz CT molecular complexity index is 794. The summed E-state index contributed by atoms with van der Waals surface area (Å²) in [6.45, 7) is 1.79. The van der Waals surface area contributed by atoms with Crippen LogP contribution in [-0.4, -0.2) is 28.3 Å². The summed E-state index contributed by atoms with van der Waals surface area (Å²) in [7, 11) is 0. The molecule has 0 bridgehead atoms. The van der Waals surface area contributed by atoms with E-state index in [9.17, 15) is 18.0 Å². The molecule has 27 heavy (non-hydrogen) atoms. The van der Waals surface area contributed by atoms with Crippen molar-refractivity contribution in [3.63, 3.8) is 0 Å². The highest BCUT2D eigenvalue weighted by atomic mass is 32.2. The molecule has 0 spiro atoms. The molecule has 2 heterocycles. The van der Waals surface area contributed by atoms with E-state index >= 15 is 0 Å². The Balaban J connectivity index is 1.64. The molecule has 0 aromatic carbocycles. The standard InChI is InChI=1S/C18H20F3N3O2S/c1-11-8-14(24-26-11)10-27-17-15(6-3-7-22-17)16(25)23-13-5-2-4-12(9-13)18(19,20)21/h3,6-8,12-13H,2,4-5,9-10H2,1H3,(H,23,25). The Labute approximate surface area is 159 Å². The van der Waals surface area contributed by atoms with Gasteiger partial charge in [0, 0.05) is 24.1 Å². The highest BCUT2D eigenvalue weighted by molar-refractivity contribution is 7.98. The molecule has 0 saturated heterocycles. The van der Waals surface area contributed by atoms with Crippen LogP contribution in [0.25, 0.3) is 0 Å². The Morgan fingerprint density at radius 1 is 1.41 bits per heavy atom. The highest BCUT2D eigenvalue weighted by Crippen LogP contribution is 2.37. The minimum Gasteiger partial charge on any atom is -0.361 e. The van der Waals surface area contributed by atoms with Crippen LogP contribution in [0, 0.1) is 12.8 Å². The van der Waals surface area contributed by atoms with Crippen molar-refractivity contribution in [2.45, 2.75) is 55.6 Å². The van der Waals surface area contributed by atoms with E-state index in [0.717, 1.165) is 5.69 Å². The summed E-state index contributed by atoms with van der Waals surface area (Å²) in [6.07, 6.45) is -1.58. The third kappa shape index (κ3) is 5.24. The number of thioether (sulfide) groups is 1. The summed E-state index contributed by atoms with van der Waals surface area (Å²) < 4.78 is 43.9. The number of nitrogens with one attached hydrogen (secondary N) is 1. The van der Waals surface area contributed by atoms with Gasteiger partial charge < -0.3 is 9.84 Å². The van der Waals surface area contributed by atoms with E-state index in [4.69, 9.17) is 4.52 Å². The summed E-state index contributed by atoms with van der Waals surface area (Å²) >= 11 is 1.33. The molecule has 2 unspecified atom stereocenters. The summed E-state index contributed by atoms with van der Waals surface area (Å²) in [5, 5.41) is 7.17. The lowest BCUT2D eigenvalue weighted by Gasteiger charge is -2.31. The number of aryl methyl sites for hydroxylation is 1. The third-order valence-corrected chi connectivity index (χ3v) is 5.56. The van der Waals surface area contributed by atoms with Gasteiger partial charge in [-0.2, -0.15) is 13.2 Å². The molecule has 5 nitrogen and oxygen atoms in total. The average Bonchev–Trinajstić information content (AvgIpc) is 3.05. The molecule has 1 fully saturated rings. The normalized spacial score (nSPS) is 20.4. The number of pyridine rings is 1. The van der Waals surface area contributed by atoms with Gasteiger partial charge in [0.15, 0.2) is 0 Å². The molecule has 146 valence electrons. The van der Waals surface area contributed by atoms with E-state index in [1.165, 1.54) is 11.8 Å². The van der Waals surface area contributed by atoms with E-state index in [1.54, 1.807) is 31.3 Å².